The van der Waals surface area contributed by atoms with Gasteiger partial charge in [-0.25, -0.2) is 4.79 Å². The predicted molar refractivity (Wildman–Crippen MR) is 141 cm³/mol. The van der Waals surface area contributed by atoms with Crippen LogP contribution >= 0.6 is 0 Å². The summed E-state index contributed by atoms with van der Waals surface area (Å²) in [6.45, 7) is 3.44. The van der Waals surface area contributed by atoms with Crippen LogP contribution in [0.2, 0.25) is 0 Å². The van der Waals surface area contributed by atoms with Crippen LogP contribution in [0.1, 0.15) is 25.6 Å². The summed E-state index contributed by atoms with van der Waals surface area (Å²) in [4.78, 5) is 32.4. The molecule has 3 aromatic carbocycles. The Balaban J connectivity index is 1.27. The van der Waals surface area contributed by atoms with Crippen molar-refractivity contribution in [3.63, 3.8) is 0 Å². The van der Waals surface area contributed by atoms with Crippen LogP contribution in [0.25, 0.3) is 11.1 Å². The quantitative estimate of drug-likeness (QED) is 0.261. The Morgan fingerprint density at radius 3 is 1.98 bits per heavy atom. The third-order valence-electron chi connectivity index (χ3n) is 6.72. The number of halogens is 3. The zero-order chi connectivity index (χ0) is 29.4. The number of nitrogens with one attached hydrogen (secondary N) is 1. The highest BCUT2D eigenvalue weighted by molar-refractivity contribution is 6.06. The largest absolute Gasteiger partial charge is 0.573 e. The lowest BCUT2D eigenvalue weighted by molar-refractivity contribution is -0.274. The lowest BCUT2D eigenvalue weighted by atomic mass is 10.1. The van der Waals surface area contributed by atoms with Crippen molar-refractivity contribution < 1.29 is 41.8 Å². The number of carbonyl (C=O) groups is 2. The second-order valence-corrected chi connectivity index (χ2v) is 10.1. The van der Waals surface area contributed by atoms with Gasteiger partial charge in [0.05, 0.1) is 19.7 Å². The number of hydrogen-bond donors (Lipinski definition) is 1. The fourth-order valence-corrected chi connectivity index (χ4v) is 4.53. The highest BCUT2D eigenvalue weighted by Gasteiger charge is 2.49. The van der Waals surface area contributed by atoms with Crippen LogP contribution in [0.15, 0.2) is 72.8 Å². The minimum Gasteiger partial charge on any atom is -0.497 e. The molecule has 0 saturated carbocycles. The van der Waals surface area contributed by atoms with E-state index in [-0.39, 0.29) is 31.0 Å². The monoisotopic (exact) mass is 571 g/mol. The fraction of sp³-hybridized carbons (Fsp3) is 0.310. The van der Waals surface area contributed by atoms with E-state index in [1.165, 1.54) is 24.3 Å². The molecule has 0 radical (unpaired) electrons. The van der Waals surface area contributed by atoms with Crippen molar-refractivity contribution in [1.29, 1.82) is 0 Å². The molecule has 0 aromatic heterocycles. The van der Waals surface area contributed by atoms with E-state index in [1.54, 1.807) is 50.3 Å². The molecule has 12 heteroatoms. The number of methoxy groups -OCH3 is 1. The van der Waals surface area contributed by atoms with Gasteiger partial charge in [0.2, 0.25) is 0 Å². The van der Waals surface area contributed by atoms with E-state index in [0.717, 1.165) is 16.0 Å². The number of carbonyl (C=O) groups excluding carboxylic acids is 2. The summed E-state index contributed by atoms with van der Waals surface area (Å²) in [6.07, 6.45) is -5.13. The average molecular weight is 572 g/mol. The number of hydrogen-bond acceptors (Lipinski definition) is 7. The highest BCUT2D eigenvalue weighted by Crippen LogP contribution is 2.40. The smallest absolute Gasteiger partial charge is 0.497 e. The molecule has 0 spiro atoms. The van der Waals surface area contributed by atoms with E-state index < -0.39 is 24.0 Å². The van der Waals surface area contributed by atoms with Gasteiger partial charge in [-0.15, -0.1) is 18.2 Å². The van der Waals surface area contributed by atoms with Crippen LogP contribution in [-0.4, -0.2) is 60.1 Å². The van der Waals surface area contributed by atoms with E-state index >= 15 is 0 Å². The minimum atomic E-state index is -4.75. The third kappa shape index (κ3) is 6.55. The third-order valence-corrected chi connectivity index (χ3v) is 6.72. The van der Waals surface area contributed by atoms with Gasteiger partial charge in [0, 0.05) is 0 Å². The van der Waals surface area contributed by atoms with Crippen LogP contribution < -0.4 is 19.5 Å². The lowest BCUT2D eigenvalue weighted by Gasteiger charge is -2.22. The van der Waals surface area contributed by atoms with Gasteiger partial charge in [0.25, 0.3) is 5.91 Å². The molecule has 2 unspecified atom stereocenters. The highest BCUT2D eigenvalue weighted by atomic mass is 19.4. The molecule has 2 aliphatic heterocycles. The summed E-state index contributed by atoms with van der Waals surface area (Å²) in [5, 5.41) is 4.37. The van der Waals surface area contributed by atoms with Gasteiger partial charge < -0.3 is 19.5 Å². The normalized spacial score (nSPS) is 20.4. The Hall–Kier alpha value is -4.29. The van der Waals surface area contributed by atoms with E-state index in [9.17, 15) is 22.8 Å². The molecule has 2 fully saturated rings. The van der Waals surface area contributed by atoms with Gasteiger partial charge in [0.1, 0.15) is 29.4 Å². The molecular weight excluding hydrogens is 543 g/mol. The molecule has 0 bridgehead atoms. The number of rotatable bonds is 10. The van der Waals surface area contributed by atoms with Gasteiger partial charge >= 0.3 is 12.4 Å². The Morgan fingerprint density at radius 1 is 0.902 bits per heavy atom. The first-order valence-electron chi connectivity index (χ1n) is 12.8. The van der Waals surface area contributed by atoms with E-state index in [2.05, 4.69) is 10.1 Å². The second-order valence-electron chi connectivity index (χ2n) is 10.1. The van der Waals surface area contributed by atoms with Crippen molar-refractivity contribution in [3.05, 3.63) is 78.4 Å². The van der Waals surface area contributed by atoms with Gasteiger partial charge in [-0.2, -0.15) is 0 Å². The molecule has 2 aliphatic rings. The van der Waals surface area contributed by atoms with Crippen LogP contribution in [0, 0.1) is 0 Å². The number of amides is 3. The van der Waals surface area contributed by atoms with E-state index in [1.807, 2.05) is 24.3 Å². The summed E-state index contributed by atoms with van der Waals surface area (Å²) in [6, 6.07) is 19.0. The Kier molecular flexibility index (Phi) is 7.54. The van der Waals surface area contributed by atoms with Gasteiger partial charge in [-0.1, -0.05) is 36.4 Å². The van der Waals surface area contributed by atoms with Crippen LogP contribution in [-0.2, 0) is 9.63 Å². The van der Waals surface area contributed by atoms with Crippen molar-refractivity contribution in [2.75, 3.05) is 20.3 Å². The first kappa shape index (κ1) is 28.2. The van der Waals surface area contributed by atoms with Crippen LogP contribution in [0.4, 0.5) is 18.0 Å². The van der Waals surface area contributed by atoms with Crippen molar-refractivity contribution in [3.8, 4) is 28.4 Å². The SMILES string of the molecule is COc1ccc(C2ON2[C@H](COc2ccc(-c3ccc(OC(F)(F)F)cc3)cc2)CN2C(=O)NC(C)(C)C2=O)cc1. The van der Waals surface area contributed by atoms with Gasteiger partial charge in [-0.3, -0.25) is 14.5 Å². The molecule has 9 nitrogen and oxygen atoms in total. The maximum atomic E-state index is 12.8. The average Bonchev–Trinajstić information content (AvgIpc) is 3.70. The lowest BCUT2D eigenvalue weighted by Crippen LogP contribution is -2.45. The number of imide groups is 1. The summed E-state index contributed by atoms with van der Waals surface area (Å²) < 4.78 is 52.4. The molecule has 3 atom stereocenters. The summed E-state index contributed by atoms with van der Waals surface area (Å²) >= 11 is 0. The van der Waals surface area contributed by atoms with Gasteiger partial charge in [-0.05, 0) is 66.9 Å². The molecular formula is C29H28F3N3O6. The molecule has 2 saturated heterocycles. The second kappa shape index (κ2) is 10.9. The standard InChI is InChI=1S/C29H28F3N3O6/c1-28(2)26(36)34(27(37)33-28)16-21(35-25(41-35)20-8-10-22(38-3)11-9-20)17-39-23-12-4-18(5-13-23)19-6-14-24(15-7-19)40-29(30,31)32/h4-15,21,25H,16-17H2,1-3H3,(H,33,37)/t21-,25?,35?/m0/s1. The molecule has 2 heterocycles. The van der Waals surface area contributed by atoms with Crippen molar-refractivity contribution >= 4 is 11.9 Å². The molecule has 1 N–H and O–H groups in total. The van der Waals surface area contributed by atoms with Crippen LogP contribution in [0.3, 0.4) is 0 Å². The van der Waals surface area contributed by atoms with Crippen molar-refractivity contribution in [2.24, 2.45) is 0 Å². The van der Waals surface area contributed by atoms with Crippen molar-refractivity contribution in [1.82, 2.24) is 15.3 Å². The Bertz CT molecular complexity index is 1400. The minimum absolute atomic E-state index is 0.0468. The fourth-order valence-electron chi connectivity index (χ4n) is 4.53. The number of nitrogens with zero attached hydrogens (tertiary/aromatic N) is 2. The first-order chi connectivity index (χ1) is 19.4. The summed E-state index contributed by atoms with van der Waals surface area (Å²) in [5.41, 5.74) is 1.34. The maximum absolute atomic E-state index is 12.8. The number of hydroxylamine groups is 2. The summed E-state index contributed by atoms with van der Waals surface area (Å²) in [5.74, 6) is 0.588. The maximum Gasteiger partial charge on any atom is 0.573 e. The molecule has 3 amide bonds. The number of urea groups is 1. The topological polar surface area (TPSA) is 92.6 Å². The Morgan fingerprint density at radius 2 is 1.46 bits per heavy atom. The van der Waals surface area contributed by atoms with Crippen molar-refractivity contribution in [2.45, 2.75) is 38.0 Å². The van der Waals surface area contributed by atoms with Crippen LogP contribution in [0.5, 0.6) is 17.2 Å². The zero-order valence-electron chi connectivity index (χ0n) is 22.5. The number of benzene rings is 3. The van der Waals surface area contributed by atoms with Gasteiger partial charge in [0.15, 0.2) is 6.23 Å². The molecule has 5 rings (SSSR count). The summed E-state index contributed by atoms with van der Waals surface area (Å²) in [7, 11) is 1.58. The zero-order valence-corrected chi connectivity index (χ0v) is 22.5. The number of alkyl halides is 3. The first-order valence-corrected chi connectivity index (χ1v) is 12.8. The molecule has 3 aromatic rings. The predicted octanol–water partition coefficient (Wildman–Crippen LogP) is 5.28. The van der Waals surface area contributed by atoms with E-state index in [4.69, 9.17) is 14.3 Å². The molecule has 41 heavy (non-hydrogen) atoms. The molecule has 0 aliphatic carbocycles. The van der Waals surface area contributed by atoms with E-state index in [0.29, 0.717) is 17.1 Å². The molecule has 216 valence electrons. The Labute approximate surface area is 234 Å². The number of ether oxygens (including phenoxy) is 3.